The molecule has 0 N–H and O–H groups in total. The van der Waals surface area contributed by atoms with Gasteiger partial charge in [0.05, 0.1) is 6.42 Å². The third kappa shape index (κ3) is 5.62. The topological polar surface area (TPSA) is 62.7 Å². The summed E-state index contributed by atoms with van der Waals surface area (Å²) in [5.74, 6) is -0.338. The minimum absolute atomic E-state index is 0.107. The molecular formula is C8H14N2O2. The van der Waals surface area contributed by atoms with Crippen LogP contribution >= 0.6 is 0 Å². The van der Waals surface area contributed by atoms with Crippen molar-refractivity contribution in [2.45, 2.75) is 39.5 Å². The molecule has 0 aromatic carbocycles. The fourth-order valence-corrected chi connectivity index (χ4v) is 0.814. The van der Waals surface area contributed by atoms with Crippen molar-refractivity contribution in [1.82, 2.24) is 0 Å². The van der Waals surface area contributed by atoms with Crippen LogP contribution in [0.4, 0.5) is 0 Å². The molecule has 0 saturated heterocycles. The standard InChI is InChI=1S/C8H14N2O2/c1-3-4-5-6-8(10-9)12-7(2)11/h3-6H2,1-2H3. The molecule has 0 aliphatic carbocycles. The summed E-state index contributed by atoms with van der Waals surface area (Å²) in [6.07, 6.45) is 3.52. The van der Waals surface area contributed by atoms with E-state index in [4.69, 9.17) is 5.53 Å². The average molecular weight is 170 g/mol. The third-order valence-electron chi connectivity index (χ3n) is 1.37. The van der Waals surface area contributed by atoms with Gasteiger partial charge in [-0.3, -0.25) is 4.79 Å². The zero-order chi connectivity index (χ0) is 9.40. The van der Waals surface area contributed by atoms with Gasteiger partial charge < -0.3 is 10.3 Å². The van der Waals surface area contributed by atoms with E-state index in [-0.39, 0.29) is 5.90 Å². The number of hydrogen-bond acceptors (Lipinski definition) is 2. The molecule has 0 aromatic heterocycles. The van der Waals surface area contributed by atoms with Gasteiger partial charge >= 0.3 is 11.9 Å². The second-order valence-electron chi connectivity index (χ2n) is 2.54. The molecule has 0 aromatic rings. The minimum atomic E-state index is -0.445. The number of rotatable bonds is 4. The normalized spacial score (nSPS) is 8.83. The van der Waals surface area contributed by atoms with Crippen LogP contribution in [0.25, 0.3) is 5.53 Å². The van der Waals surface area contributed by atoms with E-state index in [2.05, 4.69) is 16.5 Å². The Morgan fingerprint density at radius 2 is 2.17 bits per heavy atom. The highest BCUT2D eigenvalue weighted by Gasteiger charge is 2.10. The number of hydrogen-bond donors (Lipinski definition) is 0. The molecule has 0 bridgehead atoms. The second kappa shape index (κ2) is 6.55. The van der Waals surface area contributed by atoms with Gasteiger partial charge in [0.25, 0.3) is 0 Å². The Hall–Kier alpha value is -1.15. The van der Waals surface area contributed by atoms with E-state index in [0.29, 0.717) is 6.42 Å². The maximum absolute atomic E-state index is 10.4. The number of esters is 1. The summed E-state index contributed by atoms with van der Waals surface area (Å²) in [4.78, 5) is 13.3. The zero-order valence-corrected chi connectivity index (χ0v) is 7.54. The predicted molar refractivity (Wildman–Crippen MR) is 44.5 cm³/mol. The van der Waals surface area contributed by atoms with Crippen molar-refractivity contribution in [2.24, 2.45) is 0 Å². The molecule has 4 heteroatoms. The Bertz CT molecular complexity index is 195. The van der Waals surface area contributed by atoms with Gasteiger partial charge in [0, 0.05) is 6.92 Å². The monoisotopic (exact) mass is 170 g/mol. The molecule has 0 atom stereocenters. The van der Waals surface area contributed by atoms with Crippen LogP contribution in [-0.4, -0.2) is 16.7 Å². The predicted octanol–water partition coefficient (Wildman–Crippen LogP) is 1.76. The van der Waals surface area contributed by atoms with Gasteiger partial charge in [-0.05, 0) is 6.42 Å². The molecule has 0 heterocycles. The molecule has 0 rings (SSSR count). The Kier molecular flexibility index (Phi) is 5.93. The maximum Gasteiger partial charge on any atom is 0.457 e. The van der Waals surface area contributed by atoms with Crippen LogP contribution in [0.5, 0.6) is 0 Å². The van der Waals surface area contributed by atoms with E-state index in [1.807, 2.05) is 0 Å². The first kappa shape index (κ1) is 10.8. The summed E-state index contributed by atoms with van der Waals surface area (Å²) in [5, 5.41) is 0. The lowest BCUT2D eigenvalue weighted by Crippen LogP contribution is -2.10. The van der Waals surface area contributed by atoms with Crippen molar-refractivity contribution >= 4 is 11.9 Å². The SMILES string of the molecule is CCCCCC(=[N+]=[N-])OC(C)=O. The van der Waals surface area contributed by atoms with Crippen LogP contribution in [0.1, 0.15) is 39.5 Å². The summed E-state index contributed by atoms with van der Waals surface area (Å²) >= 11 is 0. The van der Waals surface area contributed by atoms with Gasteiger partial charge in [-0.1, -0.05) is 19.8 Å². The van der Waals surface area contributed by atoms with Crippen molar-refractivity contribution in [3.8, 4) is 0 Å². The lowest BCUT2D eigenvalue weighted by molar-refractivity contribution is -0.138. The highest BCUT2D eigenvalue weighted by Crippen LogP contribution is 2.00. The molecule has 0 unspecified atom stereocenters. The van der Waals surface area contributed by atoms with Gasteiger partial charge in [0.15, 0.2) is 0 Å². The highest BCUT2D eigenvalue weighted by molar-refractivity contribution is 5.84. The number of unbranched alkanes of at least 4 members (excludes halogenated alkanes) is 2. The molecule has 12 heavy (non-hydrogen) atoms. The molecule has 0 saturated carbocycles. The van der Waals surface area contributed by atoms with Gasteiger partial charge in [0.2, 0.25) is 0 Å². The summed E-state index contributed by atoms with van der Waals surface area (Å²) < 4.78 is 4.61. The van der Waals surface area contributed by atoms with E-state index < -0.39 is 5.97 Å². The van der Waals surface area contributed by atoms with E-state index in [0.717, 1.165) is 19.3 Å². The van der Waals surface area contributed by atoms with Crippen LogP contribution in [0.15, 0.2) is 0 Å². The molecule has 0 fully saturated rings. The van der Waals surface area contributed by atoms with Crippen LogP contribution in [0, 0.1) is 0 Å². The van der Waals surface area contributed by atoms with Crippen molar-refractivity contribution in [1.29, 1.82) is 0 Å². The van der Waals surface area contributed by atoms with Gasteiger partial charge in [0.1, 0.15) is 0 Å². The number of ether oxygens (including phenoxy) is 1. The molecule has 68 valence electrons. The van der Waals surface area contributed by atoms with Gasteiger partial charge in [-0.2, -0.15) is 0 Å². The highest BCUT2D eigenvalue weighted by atomic mass is 16.5. The van der Waals surface area contributed by atoms with Crippen LogP contribution in [0.3, 0.4) is 0 Å². The zero-order valence-electron chi connectivity index (χ0n) is 7.54. The Morgan fingerprint density at radius 3 is 2.58 bits per heavy atom. The number of carbonyl (C=O) groups excluding carboxylic acids is 1. The van der Waals surface area contributed by atoms with Crippen molar-refractivity contribution in [2.75, 3.05) is 0 Å². The molecule has 0 amide bonds. The van der Waals surface area contributed by atoms with Crippen molar-refractivity contribution in [3.05, 3.63) is 5.53 Å². The number of carbonyl (C=O) groups is 1. The Balaban J connectivity index is 3.70. The van der Waals surface area contributed by atoms with Gasteiger partial charge in [-0.15, -0.1) is 4.79 Å². The average Bonchev–Trinajstić information content (AvgIpc) is 2.02. The lowest BCUT2D eigenvalue weighted by atomic mass is 10.2. The van der Waals surface area contributed by atoms with E-state index in [1.165, 1.54) is 6.92 Å². The first-order chi connectivity index (χ1) is 5.70. The van der Waals surface area contributed by atoms with Crippen molar-refractivity contribution in [3.63, 3.8) is 0 Å². The Labute approximate surface area is 72.2 Å². The second-order valence-corrected chi connectivity index (χ2v) is 2.54. The van der Waals surface area contributed by atoms with E-state index >= 15 is 0 Å². The summed E-state index contributed by atoms with van der Waals surface area (Å²) in [6.45, 7) is 3.35. The fourth-order valence-electron chi connectivity index (χ4n) is 0.814. The number of nitrogens with zero attached hydrogens (tertiary/aromatic N) is 2. The summed E-state index contributed by atoms with van der Waals surface area (Å²) in [5.41, 5.74) is 8.38. The van der Waals surface area contributed by atoms with Crippen LogP contribution in [-0.2, 0) is 9.53 Å². The van der Waals surface area contributed by atoms with Crippen LogP contribution in [0.2, 0.25) is 0 Å². The summed E-state index contributed by atoms with van der Waals surface area (Å²) in [6, 6.07) is 0. The van der Waals surface area contributed by atoms with E-state index in [9.17, 15) is 4.79 Å². The van der Waals surface area contributed by atoms with E-state index in [1.54, 1.807) is 0 Å². The Morgan fingerprint density at radius 1 is 1.50 bits per heavy atom. The third-order valence-corrected chi connectivity index (χ3v) is 1.37. The molecule has 0 spiro atoms. The van der Waals surface area contributed by atoms with Gasteiger partial charge in [-0.25, -0.2) is 0 Å². The minimum Gasteiger partial charge on any atom is -0.362 e. The molecular weight excluding hydrogens is 156 g/mol. The van der Waals surface area contributed by atoms with Crippen molar-refractivity contribution < 1.29 is 14.3 Å². The molecule has 0 aliphatic heterocycles. The van der Waals surface area contributed by atoms with Crippen LogP contribution < -0.4 is 0 Å². The first-order valence-corrected chi connectivity index (χ1v) is 4.10. The quantitative estimate of drug-likeness (QED) is 0.161. The maximum atomic E-state index is 10.4. The lowest BCUT2D eigenvalue weighted by Gasteiger charge is -1.94. The summed E-state index contributed by atoms with van der Waals surface area (Å²) in [7, 11) is 0. The largest absolute Gasteiger partial charge is 0.457 e. The smallest absolute Gasteiger partial charge is 0.362 e. The molecule has 4 nitrogen and oxygen atoms in total. The molecule has 0 aliphatic rings. The first-order valence-electron chi connectivity index (χ1n) is 4.10. The molecule has 0 radical (unpaired) electrons. The fraction of sp³-hybridized carbons (Fsp3) is 0.750.